The zero-order chi connectivity index (χ0) is 19.1. The molecule has 0 amide bonds. The number of nitrogens with one attached hydrogen (secondary N) is 2. The quantitative estimate of drug-likeness (QED) is 0.277. The molecule has 0 radical (unpaired) electrons. The van der Waals surface area contributed by atoms with Gasteiger partial charge in [0.2, 0.25) is 0 Å². The Balaban J connectivity index is 1.71. The van der Waals surface area contributed by atoms with E-state index in [2.05, 4.69) is 62.0 Å². The van der Waals surface area contributed by atoms with Crippen molar-refractivity contribution >= 4 is 32.9 Å². The molecule has 5 heteroatoms. The first-order valence-corrected chi connectivity index (χ1v) is 10.7. The average molecular weight is 431 g/mol. The van der Waals surface area contributed by atoms with E-state index in [4.69, 9.17) is 0 Å². The molecule has 1 heterocycles. The van der Waals surface area contributed by atoms with Gasteiger partial charge in [-0.15, -0.1) is 0 Å². The van der Waals surface area contributed by atoms with Crippen molar-refractivity contribution in [2.45, 2.75) is 58.5 Å². The van der Waals surface area contributed by atoms with Gasteiger partial charge in [-0.2, -0.15) is 0 Å². The van der Waals surface area contributed by atoms with E-state index >= 15 is 0 Å². The van der Waals surface area contributed by atoms with Gasteiger partial charge in [0, 0.05) is 10.0 Å². The summed E-state index contributed by atoms with van der Waals surface area (Å²) in [5, 5.41) is 13.6. The fourth-order valence-electron chi connectivity index (χ4n) is 3.43. The van der Waals surface area contributed by atoms with E-state index in [1.54, 1.807) is 6.07 Å². The highest BCUT2D eigenvalue weighted by Gasteiger charge is 2.17. The number of hydrogen-bond donors (Lipinski definition) is 3. The van der Waals surface area contributed by atoms with E-state index < -0.39 is 0 Å². The summed E-state index contributed by atoms with van der Waals surface area (Å²) in [4.78, 5) is 3.49. The Labute approximate surface area is 169 Å². The molecule has 0 unspecified atom stereocenters. The van der Waals surface area contributed by atoms with Crippen LogP contribution in [0.25, 0.3) is 11.0 Å². The lowest BCUT2D eigenvalue weighted by atomic mass is 10.1. The Hall–Kier alpha value is -2.01. The summed E-state index contributed by atoms with van der Waals surface area (Å²) in [6.07, 6.45) is 7.70. The molecule has 4 nitrogen and oxygen atoms in total. The third kappa shape index (κ3) is 5.25. The summed E-state index contributed by atoms with van der Waals surface area (Å²) in [5.41, 5.74) is 3.21. The minimum atomic E-state index is 0.310. The topological polar surface area (TPSA) is 51.9 Å². The number of nitrogens with zero attached hydrogens (tertiary/aromatic N) is 1. The number of aromatic hydroxyl groups is 1. The first-order chi connectivity index (χ1) is 13.2. The van der Waals surface area contributed by atoms with Crippen molar-refractivity contribution in [3.8, 4) is 5.75 Å². The first-order valence-electron chi connectivity index (χ1n) is 9.91. The molecule has 0 spiro atoms. The SMILES string of the molecule is CCCCCCCC[n+]1c(NCc2cc(Br)ccc2O)[nH]c2ccccc21. The molecule has 3 N–H and O–H groups in total. The normalized spacial score (nSPS) is 11.2. The Morgan fingerprint density at radius 3 is 2.67 bits per heavy atom. The van der Waals surface area contributed by atoms with Crippen molar-refractivity contribution in [1.29, 1.82) is 0 Å². The average Bonchev–Trinajstić information content (AvgIpc) is 3.03. The second-order valence-electron chi connectivity index (χ2n) is 7.04. The maximum Gasteiger partial charge on any atom is 0.356 e. The summed E-state index contributed by atoms with van der Waals surface area (Å²) in [6.45, 7) is 3.81. The third-order valence-electron chi connectivity index (χ3n) is 4.94. The monoisotopic (exact) mass is 430 g/mol. The van der Waals surface area contributed by atoms with Crippen LogP contribution < -0.4 is 9.88 Å². The Kier molecular flexibility index (Phi) is 7.16. The van der Waals surface area contributed by atoms with E-state index in [1.165, 1.54) is 44.0 Å². The molecule has 27 heavy (non-hydrogen) atoms. The molecule has 144 valence electrons. The van der Waals surface area contributed by atoms with Crippen molar-refractivity contribution in [2.75, 3.05) is 5.32 Å². The predicted molar refractivity (Wildman–Crippen MR) is 115 cm³/mol. The minimum Gasteiger partial charge on any atom is -0.508 e. The zero-order valence-corrected chi connectivity index (χ0v) is 17.6. The predicted octanol–water partition coefficient (Wildman–Crippen LogP) is 5.90. The Bertz CT molecular complexity index is 875. The van der Waals surface area contributed by atoms with Crippen LogP contribution in [-0.2, 0) is 13.1 Å². The van der Waals surface area contributed by atoms with Crippen LogP contribution in [0, 0.1) is 0 Å². The standard InChI is InChI=1S/C22H28BrN3O/c1-2-3-4-5-6-9-14-26-20-11-8-7-10-19(20)25-22(26)24-16-17-15-18(23)12-13-21(17)27/h7-8,10-13,15H,2-6,9,14,16H2,1H3,(H2,24,25,27)/p+1. The largest absolute Gasteiger partial charge is 0.508 e. The van der Waals surface area contributed by atoms with Crippen LogP contribution in [0.15, 0.2) is 46.9 Å². The molecule has 0 aliphatic heterocycles. The molecule has 0 bridgehead atoms. The fourth-order valence-corrected chi connectivity index (χ4v) is 3.84. The molecule has 0 saturated heterocycles. The maximum atomic E-state index is 10.1. The van der Waals surface area contributed by atoms with Gasteiger partial charge < -0.3 is 5.11 Å². The van der Waals surface area contributed by atoms with Gasteiger partial charge in [0.1, 0.15) is 16.8 Å². The third-order valence-corrected chi connectivity index (χ3v) is 5.43. The number of unbranched alkanes of at least 4 members (excludes halogenated alkanes) is 5. The van der Waals surface area contributed by atoms with E-state index in [0.717, 1.165) is 28.0 Å². The lowest BCUT2D eigenvalue weighted by molar-refractivity contribution is -0.657. The molecule has 3 aromatic rings. The summed E-state index contributed by atoms with van der Waals surface area (Å²) in [5.74, 6) is 1.30. The molecule has 0 aliphatic carbocycles. The molecule has 1 aromatic heterocycles. The highest BCUT2D eigenvalue weighted by atomic mass is 79.9. The number of aryl methyl sites for hydroxylation is 1. The number of benzene rings is 2. The summed E-state index contributed by atoms with van der Waals surface area (Å²) < 4.78 is 3.29. The number of phenolic OH excluding ortho intramolecular Hbond substituents is 1. The van der Waals surface area contributed by atoms with Gasteiger partial charge in [-0.3, -0.25) is 5.32 Å². The smallest absolute Gasteiger partial charge is 0.356 e. The number of aromatic amines is 1. The summed E-state index contributed by atoms with van der Waals surface area (Å²) in [7, 11) is 0. The van der Waals surface area contributed by atoms with Gasteiger partial charge in [-0.05, 0) is 36.8 Å². The number of rotatable bonds is 10. The van der Waals surface area contributed by atoms with Gasteiger partial charge in [-0.1, -0.05) is 67.1 Å². The number of imidazole rings is 1. The van der Waals surface area contributed by atoms with Gasteiger partial charge >= 0.3 is 5.95 Å². The van der Waals surface area contributed by atoms with Crippen LogP contribution >= 0.6 is 15.9 Å². The highest BCUT2D eigenvalue weighted by Crippen LogP contribution is 2.23. The molecule has 0 saturated carbocycles. The van der Waals surface area contributed by atoms with Crippen LogP contribution in [0.4, 0.5) is 5.95 Å². The van der Waals surface area contributed by atoms with E-state index in [1.807, 2.05) is 12.1 Å². The van der Waals surface area contributed by atoms with E-state index in [0.29, 0.717) is 12.3 Å². The number of halogens is 1. The zero-order valence-electron chi connectivity index (χ0n) is 16.0. The molecule has 0 fully saturated rings. The van der Waals surface area contributed by atoms with Gasteiger partial charge in [0.15, 0.2) is 0 Å². The van der Waals surface area contributed by atoms with Crippen LogP contribution in [0.3, 0.4) is 0 Å². The van der Waals surface area contributed by atoms with Crippen molar-refractivity contribution in [2.24, 2.45) is 0 Å². The molecule has 2 aromatic carbocycles. The first kappa shape index (κ1) is 19.7. The molecular weight excluding hydrogens is 402 g/mol. The number of anilines is 1. The minimum absolute atomic E-state index is 0.310. The van der Waals surface area contributed by atoms with Crippen LogP contribution in [0.1, 0.15) is 51.0 Å². The van der Waals surface area contributed by atoms with Crippen LogP contribution in [0.2, 0.25) is 0 Å². The fraction of sp³-hybridized carbons (Fsp3) is 0.409. The molecule has 0 atom stereocenters. The number of hydrogen-bond acceptors (Lipinski definition) is 2. The second-order valence-corrected chi connectivity index (χ2v) is 7.95. The van der Waals surface area contributed by atoms with Crippen LogP contribution in [-0.4, -0.2) is 10.1 Å². The maximum absolute atomic E-state index is 10.1. The Morgan fingerprint density at radius 2 is 1.81 bits per heavy atom. The number of H-pyrrole nitrogens is 1. The summed E-state index contributed by atoms with van der Waals surface area (Å²) >= 11 is 3.47. The lowest BCUT2D eigenvalue weighted by Gasteiger charge is -2.07. The summed E-state index contributed by atoms with van der Waals surface area (Å²) in [6, 6.07) is 13.9. The van der Waals surface area contributed by atoms with Gasteiger partial charge in [-0.25, -0.2) is 9.55 Å². The molecule has 0 aliphatic rings. The Morgan fingerprint density at radius 1 is 1.04 bits per heavy atom. The molecule has 3 rings (SSSR count). The highest BCUT2D eigenvalue weighted by molar-refractivity contribution is 9.10. The lowest BCUT2D eigenvalue weighted by Crippen LogP contribution is -2.36. The van der Waals surface area contributed by atoms with E-state index in [9.17, 15) is 5.11 Å². The van der Waals surface area contributed by atoms with Crippen molar-refractivity contribution < 1.29 is 9.67 Å². The second kappa shape index (κ2) is 9.79. The van der Waals surface area contributed by atoms with Gasteiger partial charge in [0.05, 0.1) is 13.1 Å². The van der Waals surface area contributed by atoms with E-state index in [-0.39, 0.29) is 0 Å². The van der Waals surface area contributed by atoms with Crippen molar-refractivity contribution in [3.63, 3.8) is 0 Å². The molecular formula is C22H29BrN3O+. The van der Waals surface area contributed by atoms with Crippen molar-refractivity contribution in [1.82, 2.24) is 4.98 Å². The van der Waals surface area contributed by atoms with Gasteiger partial charge in [0.25, 0.3) is 0 Å². The number of phenols is 1. The number of aromatic nitrogens is 2. The number of fused-ring (bicyclic) bond motifs is 1. The number of para-hydroxylation sites is 2. The van der Waals surface area contributed by atoms with Crippen molar-refractivity contribution in [3.05, 3.63) is 52.5 Å². The van der Waals surface area contributed by atoms with Crippen LogP contribution in [0.5, 0.6) is 5.75 Å².